The summed E-state index contributed by atoms with van der Waals surface area (Å²) in [5, 5.41) is 3.10. The van der Waals surface area contributed by atoms with Crippen molar-refractivity contribution in [1.82, 2.24) is 15.1 Å². The molecule has 2 aliphatic rings. The molecule has 35 heavy (non-hydrogen) atoms. The monoisotopic (exact) mass is 467 g/mol. The molecule has 0 spiro atoms. The number of hydrogen-bond donors (Lipinski definition) is 1. The van der Waals surface area contributed by atoms with Crippen LogP contribution in [0, 0.1) is 5.92 Å². The third kappa shape index (κ3) is 6.39. The van der Waals surface area contributed by atoms with Crippen LogP contribution in [0.1, 0.15) is 57.9 Å². The van der Waals surface area contributed by atoms with Crippen molar-refractivity contribution in [3.8, 4) is 0 Å². The van der Waals surface area contributed by atoms with Gasteiger partial charge in [0.25, 0.3) is 5.91 Å². The van der Waals surface area contributed by atoms with E-state index in [4.69, 9.17) is 0 Å². The average molecular weight is 468 g/mol. The van der Waals surface area contributed by atoms with E-state index in [-0.39, 0.29) is 5.91 Å². The summed E-state index contributed by atoms with van der Waals surface area (Å²) in [5.74, 6) is 0.835. The van der Waals surface area contributed by atoms with Gasteiger partial charge in [0.15, 0.2) is 0 Å². The Morgan fingerprint density at radius 2 is 1.51 bits per heavy atom. The summed E-state index contributed by atoms with van der Waals surface area (Å²) in [4.78, 5) is 17.8. The molecule has 2 aliphatic heterocycles. The second kappa shape index (κ2) is 11.2. The second-order valence-corrected chi connectivity index (χ2v) is 10.4. The number of hydrogen-bond acceptors (Lipinski definition) is 3. The molecule has 2 heterocycles. The molecule has 0 bridgehead atoms. The summed E-state index contributed by atoms with van der Waals surface area (Å²) >= 11 is 0. The van der Waals surface area contributed by atoms with Crippen molar-refractivity contribution >= 4 is 5.91 Å². The molecule has 3 aromatic rings. The summed E-state index contributed by atoms with van der Waals surface area (Å²) in [6.45, 7) is 9.24. The van der Waals surface area contributed by atoms with Gasteiger partial charge in [-0.3, -0.25) is 14.6 Å². The molecule has 0 radical (unpaired) electrons. The minimum Gasteiger partial charge on any atom is -0.348 e. The van der Waals surface area contributed by atoms with Crippen LogP contribution in [-0.4, -0.2) is 35.3 Å². The van der Waals surface area contributed by atoms with Crippen molar-refractivity contribution in [2.75, 3.05) is 19.6 Å². The Kier molecular flexibility index (Phi) is 7.60. The van der Waals surface area contributed by atoms with Crippen LogP contribution >= 0.6 is 0 Å². The number of rotatable bonds is 7. The van der Waals surface area contributed by atoms with Crippen molar-refractivity contribution in [2.24, 2.45) is 5.92 Å². The van der Waals surface area contributed by atoms with Crippen molar-refractivity contribution in [3.05, 3.63) is 106 Å². The van der Waals surface area contributed by atoms with E-state index >= 15 is 0 Å². The molecule has 0 aliphatic carbocycles. The number of nitrogens with one attached hydrogen (secondary N) is 1. The lowest BCUT2D eigenvalue weighted by Crippen LogP contribution is -2.32. The first-order valence-corrected chi connectivity index (χ1v) is 13.1. The number of likely N-dealkylation sites (tertiary alicyclic amines) is 1. The maximum atomic E-state index is 12.7. The summed E-state index contributed by atoms with van der Waals surface area (Å²) < 4.78 is 0. The normalized spacial score (nSPS) is 17.2. The molecule has 1 fully saturated rings. The lowest BCUT2D eigenvalue weighted by atomic mass is 9.99. The lowest BCUT2D eigenvalue weighted by Gasteiger charge is -2.30. The van der Waals surface area contributed by atoms with Crippen molar-refractivity contribution in [2.45, 2.75) is 52.4 Å². The maximum Gasteiger partial charge on any atom is 0.251 e. The van der Waals surface area contributed by atoms with Gasteiger partial charge in [-0.2, -0.15) is 0 Å². The zero-order valence-electron chi connectivity index (χ0n) is 20.9. The fourth-order valence-electron chi connectivity index (χ4n) is 5.31. The predicted molar refractivity (Wildman–Crippen MR) is 142 cm³/mol. The smallest absolute Gasteiger partial charge is 0.251 e. The van der Waals surface area contributed by atoms with Gasteiger partial charge in [-0.15, -0.1) is 0 Å². The molecular formula is C31H37N3O. The fraction of sp³-hybridized carbons (Fsp3) is 0.387. The van der Waals surface area contributed by atoms with Crippen molar-refractivity contribution < 1.29 is 4.79 Å². The molecule has 182 valence electrons. The molecule has 1 amide bonds. The summed E-state index contributed by atoms with van der Waals surface area (Å²) in [5.41, 5.74) is 7.37. The number of carbonyl (C=O) groups excluding carboxylic acids is 1. The van der Waals surface area contributed by atoms with Gasteiger partial charge in [-0.05, 0) is 78.2 Å². The Morgan fingerprint density at radius 1 is 0.800 bits per heavy atom. The molecule has 0 unspecified atom stereocenters. The molecular weight excluding hydrogens is 430 g/mol. The van der Waals surface area contributed by atoms with Gasteiger partial charge < -0.3 is 5.32 Å². The van der Waals surface area contributed by atoms with E-state index < -0.39 is 0 Å². The Balaban J connectivity index is 1.11. The highest BCUT2D eigenvalue weighted by Crippen LogP contribution is 2.21. The van der Waals surface area contributed by atoms with Gasteiger partial charge in [-0.1, -0.05) is 67.6 Å². The fourth-order valence-corrected chi connectivity index (χ4v) is 5.31. The molecule has 0 atom stereocenters. The standard InChI is InChI=1S/C31H37N3O/c1-24-13-16-33(17-14-24)21-25-9-11-29(12-10-25)31(35)32-20-26-5-4-6-27(19-26)22-34-18-15-28-7-2-3-8-30(28)23-34/h2-12,19,24H,13-18,20-23H2,1H3,(H,32,35). The Labute approximate surface area is 210 Å². The molecule has 1 saturated heterocycles. The van der Waals surface area contributed by atoms with E-state index in [0.29, 0.717) is 6.54 Å². The number of piperidine rings is 1. The Hall–Kier alpha value is -2.95. The first-order chi connectivity index (χ1) is 17.1. The highest BCUT2D eigenvalue weighted by atomic mass is 16.1. The molecule has 4 heteroatoms. The van der Waals surface area contributed by atoms with Crippen LogP contribution in [0.5, 0.6) is 0 Å². The first-order valence-electron chi connectivity index (χ1n) is 13.1. The van der Waals surface area contributed by atoms with Gasteiger partial charge in [0, 0.05) is 38.3 Å². The van der Waals surface area contributed by atoms with E-state index in [9.17, 15) is 4.79 Å². The zero-order chi connectivity index (χ0) is 24.0. The minimum atomic E-state index is -0.0126. The van der Waals surface area contributed by atoms with Crippen LogP contribution in [0.25, 0.3) is 0 Å². The van der Waals surface area contributed by atoms with Crippen LogP contribution in [-0.2, 0) is 32.6 Å². The van der Waals surface area contributed by atoms with Crippen LogP contribution in [0.15, 0.2) is 72.8 Å². The van der Waals surface area contributed by atoms with Crippen LogP contribution in [0.4, 0.5) is 0 Å². The summed E-state index contributed by atoms with van der Waals surface area (Å²) in [7, 11) is 0. The first kappa shape index (κ1) is 23.8. The number of benzene rings is 3. The number of fused-ring (bicyclic) bond motifs is 1. The molecule has 3 aromatic carbocycles. The van der Waals surface area contributed by atoms with Gasteiger partial charge in [0.2, 0.25) is 0 Å². The second-order valence-electron chi connectivity index (χ2n) is 10.4. The van der Waals surface area contributed by atoms with Gasteiger partial charge in [-0.25, -0.2) is 0 Å². The van der Waals surface area contributed by atoms with Gasteiger partial charge in [0.05, 0.1) is 0 Å². The third-order valence-electron chi connectivity index (χ3n) is 7.56. The summed E-state index contributed by atoms with van der Waals surface area (Å²) in [6.07, 6.45) is 3.68. The average Bonchev–Trinajstić information content (AvgIpc) is 2.89. The van der Waals surface area contributed by atoms with E-state index in [1.54, 1.807) is 0 Å². The van der Waals surface area contributed by atoms with E-state index in [2.05, 4.69) is 82.7 Å². The summed E-state index contributed by atoms with van der Waals surface area (Å²) in [6, 6.07) is 25.5. The molecule has 0 aromatic heterocycles. The van der Waals surface area contributed by atoms with Crippen molar-refractivity contribution in [1.29, 1.82) is 0 Å². The lowest BCUT2D eigenvalue weighted by molar-refractivity contribution is 0.0951. The maximum absolute atomic E-state index is 12.7. The largest absolute Gasteiger partial charge is 0.348 e. The number of nitrogens with zero attached hydrogens (tertiary/aromatic N) is 2. The number of carbonyl (C=O) groups is 1. The van der Waals surface area contributed by atoms with Crippen LogP contribution in [0.2, 0.25) is 0 Å². The Bertz CT molecular complexity index is 1130. The van der Waals surface area contributed by atoms with Crippen molar-refractivity contribution in [3.63, 3.8) is 0 Å². The van der Waals surface area contributed by atoms with E-state index in [1.165, 1.54) is 48.2 Å². The minimum absolute atomic E-state index is 0.0126. The number of amides is 1. The third-order valence-corrected chi connectivity index (χ3v) is 7.56. The molecule has 5 rings (SSSR count). The zero-order valence-corrected chi connectivity index (χ0v) is 20.9. The van der Waals surface area contributed by atoms with E-state index in [1.807, 2.05) is 12.1 Å². The molecule has 4 nitrogen and oxygen atoms in total. The van der Waals surface area contributed by atoms with Crippen LogP contribution < -0.4 is 5.32 Å². The highest BCUT2D eigenvalue weighted by molar-refractivity contribution is 5.94. The van der Waals surface area contributed by atoms with Crippen LogP contribution in [0.3, 0.4) is 0 Å². The Morgan fingerprint density at radius 3 is 2.31 bits per heavy atom. The SMILES string of the molecule is CC1CCN(Cc2ccc(C(=O)NCc3cccc(CN4CCc5ccccc5C4)c3)cc2)CC1. The quantitative estimate of drug-likeness (QED) is 0.505. The van der Waals surface area contributed by atoms with Gasteiger partial charge in [0.1, 0.15) is 0 Å². The van der Waals surface area contributed by atoms with Gasteiger partial charge >= 0.3 is 0 Å². The predicted octanol–water partition coefficient (Wildman–Crippen LogP) is 5.41. The van der Waals surface area contributed by atoms with E-state index in [0.717, 1.165) is 49.6 Å². The molecule has 0 saturated carbocycles. The molecule has 1 N–H and O–H groups in total. The topological polar surface area (TPSA) is 35.6 Å². The highest BCUT2D eigenvalue weighted by Gasteiger charge is 2.17.